The van der Waals surface area contributed by atoms with Crippen LogP contribution in [0, 0.1) is 0 Å². The monoisotopic (exact) mass is 334 g/mol. The van der Waals surface area contributed by atoms with E-state index in [1.54, 1.807) is 6.33 Å². The van der Waals surface area contributed by atoms with Crippen LogP contribution in [0.2, 0.25) is 0 Å². The lowest BCUT2D eigenvalue weighted by Crippen LogP contribution is -2.08. The molecule has 0 aliphatic rings. The lowest BCUT2D eigenvalue weighted by atomic mass is 10.2. The Morgan fingerprint density at radius 1 is 0.920 bits per heavy atom. The van der Waals surface area contributed by atoms with Crippen LogP contribution in [0.4, 0.5) is 17.3 Å². The number of nitrogens with one attached hydrogen (secondary N) is 2. The van der Waals surface area contributed by atoms with Crippen LogP contribution >= 0.6 is 0 Å². The molecule has 1 aromatic heterocycles. The van der Waals surface area contributed by atoms with Gasteiger partial charge in [0, 0.05) is 12.6 Å². The zero-order chi connectivity index (χ0) is 17.5. The molecule has 0 saturated heterocycles. The molecule has 3 rings (SSSR count). The van der Waals surface area contributed by atoms with Crippen molar-refractivity contribution in [2.75, 3.05) is 10.6 Å². The number of rotatable bonds is 7. The summed E-state index contributed by atoms with van der Waals surface area (Å²) in [7, 11) is 0. The highest BCUT2D eigenvalue weighted by molar-refractivity contribution is 5.65. The first-order valence-corrected chi connectivity index (χ1v) is 8.33. The summed E-state index contributed by atoms with van der Waals surface area (Å²) >= 11 is 0. The molecule has 0 bridgehead atoms. The molecule has 0 atom stereocenters. The first-order valence-electron chi connectivity index (χ1n) is 8.33. The second kappa shape index (κ2) is 8.15. The van der Waals surface area contributed by atoms with E-state index in [4.69, 9.17) is 4.74 Å². The first kappa shape index (κ1) is 16.8. The van der Waals surface area contributed by atoms with Crippen molar-refractivity contribution < 1.29 is 4.74 Å². The van der Waals surface area contributed by atoms with Crippen molar-refractivity contribution in [2.45, 2.75) is 26.5 Å². The molecular formula is C20H22N4O. The second-order valence-corrected chi connectivity index (χ2v) is 5.92. The van der Waals surface area contributed by atoms with Crippen molar-refractivity contribution in [3.05, 3.63) is 72.6 Å². The number of anilines is 3. The minimum absolute atomic E-state index is 0.108. The standard InChI is InChI=1S/C20H22N4O/c1-15(2)25-18-11-7-6-10-17(18)24-20-12-19(22-14-23-20)21-13-16-8-4-3-5-9-16/h3-12,14-15H,13H2,1-2H3,(H2,21,22,23,24). The van der Waals surface area contributed by atoms with Gasteiger partial charge in [0.05, 0.1) is 11.8 Å². The van der Waals surface area contributed by atoms with Gasteiger partial charge in [-0.15, -0.1) is 0 Å². The third-order valence-corrected chi connectivity index (χ3v) is 3.50. The molecule has 5 nitrogen and oxygen atoms in total. The summed E-state index contributed by atoms with van der Waals surface area (Å²) in [5.41, 5.74) is 2.08. The molecule has 0 radical (unpaired) electrons. The van der Waals surface area contributed by atoms with Gasteiger partial charge in [-0.2, -0.15) is 0 Å². The molecule has 5 heteroatoms. The summed E-state index contributed by atoms with van der Waals surface area (Å²) in [6.07, 6.45) is 1.65. The summed E-state index contributed by atoms with van der Waals surface area (Å²) in [5.74, 6) is 2.28. The number of para-hydroxylation sites is 2. The molecule has 1 heterocycles. The summed E-state index contributed by atoms with van der Waals surface area (Å²) < 4.78 is 5.83. The Morgan fingerprint density at radius 3 is 2.44 bits per heavy atom. The molecular weight excluding hydrogens is 312 g/mol. The van der Waals surface area contributed by atoms with E-state index in [-0.39, 0.29) is 6.10 Å². The maximum absolute atomic E-state index is 5.83. The lowest BCUT2D eigenvalue weighted by Gasteiger charge is -2.15. The van der Waals surface area contributed by atoms with Crippen LogP contribution in [0.1, 0.15) is 19.4 Å². The first-order chi connectivity index (χ1) is 12.2. The van der Waals surface area contributed by atoms with Crippen molar-refractivity contribution >= 4 is 17.3 Å². The van der Waals surface area contributed by atoms with Gasteiger partial charge in [0.25, 0.3) is 0 Å². The number of aromatic nitrogens is 2. The number of hydrogen-bond acceptors (Lipinski definition) is 5. The minimum atomic E-state index is 0.108. The van der Waals surface area contributed by atoms with Crippen molar-refractivity contribution in [1.82, 2.24) is 9.97 Å². The molecule has 3 aromatic rings. The largest absolute Gasteiger partial charge is 0.489 e. The zero-order valence-electron chi connectivity index (χ0n) is 14.4. The van der Waals surface area contributed by atoms with Gasteiger partial charge in [-0.25, -0.2) is 9.97 Å². The maximum atomic E-state index is 5.83. The predicted molar refractivity (Wildman–Crippen MR) is 101 cm³/mol. The van der Waals surface area contributed by atoms with Crippen LogP contribution < -0.4 is 15.4 Å². The number of hydrogen-bond donors (Lipinski definition) is 2. The van der Waals surface area contributed by atoms with E-state index in [2.05, 4.69) is 32.7 Å². The topological polar surface area (TPSA) is 59.1 Å². The quantitative estimate of drug-likeness (QED) is 0.660. The Balaban J connectivity index is 1.70. The van der Waals surface area contributed by atoms with Crippen LogP contribution in [-0.2, 0) is 6.54 Å². The molecule has 0 amide bonds. The fourth-order valence-electron chi connectivity index (χ4n) is 2.38. The summed E-state index contributed by atoms with van der Waals surface area (Å²) in [4.78, 5) is 8.57. The molecule has 0 spiro atoms. The van der Waals surface area contributed by atoms with Crippen LogP contribution in [-0.4, -0.2) is 16.1 Å². The average Bonchev–Trinajstić information content (AvgIpc) is 2.62. The van der Waals surface area contributed by atoms with Crippen LogP contribution in [0.25, 0.3) is 0 Å². The lowest BCUT2D eigenvalue weighted by molar-refractivity contribution is 0.244. The van der Waals surface area contributed by atoms with Gasteiger partial charge in [0.15, 0.2) is 0 Å². The van der Waals surface area contributed by atoms with Crippen LogP contribution in [0.15, 0.2) is 67.0 Å². The highest BCUT2D eigenvalue weighted by Gasteiger charge is 2.06. The highest BCUT2D eigenvalue weighted by atomic mass is 16.5. The maximum Gasteiger partial charge on any atom is 0.143 e. The fraction of sp³-hybridized carbons (Fsp3) is 0.200. The third kappa shape index (κ3) is 4.94. The third-order valence-electron chi connectivity index (χ3n) is 3.50. The SMILES string of the molecule is CC(C)Oc1ccccc1Nc1cc(NCc2ccccc2)ncn1. The molecule has 128 valence electrons. The van der Waals surface area contributed by atoms with E-state index >= 15 is 0 Å². The second-order valence-electron chi connectivity index (χ2n) is 5.92. The molecule has 0 unspecified atom stereocenters. The van der Waals surface area contributed by atoms with Gasteiger partial charge in [-0.1, -0.05) is 42.5 Å². The Bertz CT molecular complexity index is 806. The van der Waals surface area contributed by atoms with E-state index in [1.165, 1.54) is 5.56 Å². The van der Waals surface area contributed by atoms with Gasteiger partial charge < -0.3 is 15.4 Å². The van der Waals surface area contributed by atoms with Crippen molar-refractivity contribution in [3.63, 3.8) is 0 Å². The highest BCUT2D eigenvalue weighted by Crippen LogP contribution is 2.27. The summed E-state index contributed by atoms with van der Waals surface area (Å²) in [6.45, 7) is 4.73. The Hall–Kier alpha value is -3.08. The number of nitrogens with zero attached hydrogens (tertiary/aromatic N) is 2. The van der Waals surface area contributed by atoms with Gasteiger partial charge in [0.1, 0.15) is 23.7 Å². The van der Waals surface area contributed by atoms with Crippen molar-refractivity contribution in [3.8, 4) is 5.75 Å². The molecule has 0 aliphatic carbocycles. The molecule has 25 heavy (non-hydrogen) atoms. The number of benzene rings is 2. The zero-order valence-corrected chi connectivity index (χ0v) is 14.4. The van der Waals surface area contributed by atoms with Gasteiger partial charge >= 0.3 is 0 Å². The van der Waals surface area contributed by atoms with Crippen molar-refractivity contribution in [2.24, 2.45) is 0 Å². The molecule has 2 N–H and O–H groups in total. The van der Waals surface area contributed by atoms with E-state index in [9.17, 15) is 0 Å². The Morgan fingerprint density at radius 2 is 1.64 bits per heavy atom. The van der Waals surface area contributed by atoms with Gasteiger partial charge in [-0.3, -0.25) is 0 Å². The minimum Gasteiger partial charge on any atom is -0.489 e. The van der Waals surface area contributed by atoms with Crippen LogP contribution in [0.3, 0.4) is 0 Å². The van der Waals surface area contributed by atoms with Gasteiger partial charge in [-0.05, 0) is 31.5 Å². The van der Waals surface area contributed by atoms with E-state index in [0.717, 1.165) is 17.3 Å². The van der Waals surface area contributed by atoms with Crippen molar-refractivity contribution in [1.29, 1.82) is 0 Å². The van der Waals surface area contributed by atoms with Gasteiger partial charge in [0.2, 0.25) is 0 Å². The predicted octanol–water partition coefficient (Wildman–Crippen LogP) is 4.62. The average molecular weight is 334 g/mol. The van der Waals surface area contributed by atoms with E-state index in [0.29, 0.717) is 12.4 Å². The molecule has 0 aliphatic heterocycles. The molecule has 0 saturated carbocycles. The summed E-state index contributed by atoms with van der Waals surface area (Å²) in [5, 5.41) is 6.61. The Labute approximate surface area is 148 Å². The fourth-order valence-corrected chi connectivity index (χ4v) is 2.38. The molecule has 2 aromatic carbocycles. The van der Waals surface area contributed by atoms with E-state index in [1.807, 2.05) is 62.4 Å². The molecule has 0 fully saturated rings. The van der Waals surface area contributed by atoms with Crippen LogP contribution in [0.5, 0.6) is 5.75 Å². The van der Waals surface area contributed by atoms with E-state index < -0.39 is 0 Å². The number of ether oxygens (including phenoxy) is 1. The summed E-state index contributed by atoms with van der Waals surface area (Å²) in [6, 6.07) is 19.9. The smallest absolute Gasteiger partial charge is 0.143 e. The normalized spacial score (nSPS) is 10.5. The Kier molecular flexibility index (Phi) is 5.46.